The van der Waals surface area contributed by atoms with Crippen molar-refractivity contribution >= 4 is 75.2 Å². The summed E-state index contributed by atoms with van der Waals surface area (Å²) in [6.45, 7) is 1.51. The Morgan fingerprint density at radius 1 is 0.857 bits per heavy atom. The second kappa shape index (κ2) is 8.36. The lowest BCUT2D eigenvalue weighted by Gasteiger charge is -2.12. The summed E-state index contributed by atoms with van der Waals surface area (Å²) in [5, 5.41) is 18.7. The van der Waals surface area contributed by atoms with Crippen LogP contribution in [0.2, 0.25) is 20.1 Å². The number of halogens is 4. The summed E-state index contributed by atoms with van der Waals surface area (Å²) in [6, 6.07) is 9.62. The van der Waals surface area contributed by atoms with Crippen LogP contribution in [-0.4, -0.2) is 14.9 Å². The molecule has 0 unspecified atom stereocenters. The van der Waals surface area contributed by atoms with Gasteiger partial charge in [0.25, 0.3) is 0 Å². The number of nitrogens with one attached hydrogen (secondary N) is 2. The number of aryl methyl sites for hydroxylation is 1. The predicted molar refractivity (Wildman–Crippen MR) is 113 cm³/mol. The minimum absolute atomic E-state index is 0.00144. The Balaban J connectivity index is 2.00. The second-order valence-electron chi connectivity index (χ2n) is 5.59. The number of hydrogen-bond acceptors (Lipinski definition) is 6. The summed E-state index contributed by atoms with van der Waals surface area (Å²) in [7, 11) is 0. The zero-order valence-corrected chi connectivity index (χ0v) is 17.2. The van der Waals surface area contributed by atoms with Crippen molar-refractivity contribution in [3.8, 4) is 0 Å². The van der Waals surface area contributed by atoms with E-state index >= 15 is 0 Å². The first kappa shape index (κ1) is 20.4. The Morgan fingerprint density at radius 2 is 1.39 bits per heavy atom. The molecule has 0 spiro atoms. The SMILES string of the molecule is Cc1nc(Nc2ccc(Cl)c(Cl)c2)nc(Nc2ccc(Cl)c(Cl)c2)c1[N+](=O)[O-]. The summed E-state index contributed by atoms with van der Waals surface area (Å²) < 4.78 is 0. The van der Waals surface area contributed by atoms with E-state index in [2.05, 4.69) is 20.6 Å². The third kappa shape index (κ3) is 4.56. The number of aromatic nitrogens is 2. The van der Waals surface area contributed by atoms with E-state index < -0.39 is 4.92 Å². The highest BCUT2D eigenvalue weighted by atomic mass is 35.5. The van der Waals surface area contributed by atoms with Crippen LogP contribution in [0.1, 0.15) is 5.69 Å². The Bertz CT molecular complexity index is 1080. The van der Waals surface area contributed by atoms with E-state index in [0.717, 1.165) is 0 Å². The Hall–Kier alpha value is -2.32. The number of nitro groups is 1. The van der Waals surface area contributed by atoms with Crippen molar-refractivity contribution in [2.45, 2.75) is 6.92 Å². The minimum atomic E-state index is -0.557. The average Bonchev–Trinajstić information content (AvgIpc) is 2.61. The standard InChI is InChI=1S/C17H11Cl4N5O2/c1-8-15(26(27)28)16(23-9-2-4-11(18)13(20)6-9)25-17(22-8)24-10-3-5-12(19)14(21)7-10/h2-7H,1H3,(H2,22,23,24,25). The summed E-state index contributed by atoms with van der Waals surface area (Å²) in [6.07, 6.45) is 0. The van der Waals surface area contributed by atoms with Crippen LogP contribution >= 0.6 is 46.4 Å². The third-order valence-corrected chi connectivity index (χ3v) is 5.08. The van der Waals surface area contributed by atoms with Crippen LogP contribution in [0.5, 0.6) is 0 Å². The minimum Gasteiger partial charge on any atom is -0.334 e. The van der Waals surface area contributed by atoms with Gasteiger partial charge in [0, 0.05) is 11.4 Å². The number of anilines is 4. The molecule has 144 valence electrons. The van der Waals surface area contributed by atoms with Crippen molar-refractivity contribution in [2.75, 3.05) is 10.6 Å². The van der Waals surface area contributed by atoms with Crippen LogP contribution in [0, 0.1) is 17.0 Å². The van der Waals surface area contributed by atoms with E-state index in [9.17, 15) is 10.1 Å². The predicted octanol–water partition coefficient (Wildman–Crippen LogP) is 6.79. The van der Waals surface area contributed by atoms with Gasteiger partial charge in [0.15, 0.2) is 0 Å². The van der Waals surface area contributed by atoms with Gasteiger partial charge < -0.3 is 10.6 Å². The molecule has 2 N–H and O–H groups in total. The fourth-order valence-electron chi connectivity index (χ4n) is 2.34. The molecule has 0 atom stereocenters. The van der Waals surface area contributed by atoms with Gasteiger partial charge in [-0.25, -0.2) is 4.98 Å². The monoisotopic (exact) mass is 457 g/mol. The molecule has 28 heavy (non-hydrogen) atoms. The lowest BCUT2D eigenvalue weighted by molar-refractivity contribution is -0.385. The first-order chi connectivity index (χ1) is 13.2. The van der Waals surface area contributed by atoms with E-state index in [4.69, 9.17) is 46.4 Å². The average molecular weight is 459 g/mol. The maximum atomic E-state index is 11.5. The highest BCUT2D eigenvalue weighted by molar-refractivity contribution is 6.42. The fraction of sp³-hybridized carbons (Fsp3) is 0.0588. The van der Waals surface area contributed by atoms with Crippen molar-refractivity contribution < 1.29 is 4.92 Å². The van der Waals surface area contributed by atoms with Gasteiger partial charge in [-0.15, -0.1) is 0 Å². The van der Waals surface area contributed by atoms with Gasteiger partial charge in [0.2, 0.25) is 11.8 Å². The molecule has 0 fully saturated rings. The van der Waals surface area contributed by atoms with E-state index in [0.29, 0.717) is 31.5 Å². The zero-order chi connectivity index (χ0) is 20.4. The molecular weight excluding hydrogens is 448 g/mol. The van der Waals surface area contributed by atoms with Gasteiger partial charge in [-0.05, 0) is 43.3 Å². The fourth-order valence-corrected chi connectivity index (χ4v) is 2.94. The van der Waals surface area contributed by atoms with Gasteiger partial charge in [-0.1, -0.05) is 46.4 Å². The van der Waals surface area contributed by atoms with E-state index in [-0.39, 0.29) is 23.1 Å². The molecule has 0 saturated carbocycles. The van der Waals surface area contributed by atoms with Crippen LogP contribution < -0.4 is 10.6 Å². The van der Waals surface area contributed by atoms with Crippen LogP contribution in [0.4, 0.5) is 28.8 Å². The number of hydrogen-bond donors (Lipinski definition) is 2. The molecule has 3 aromatic rings. The van der Waals surface area contributed by atoms with E-state index in [1.54, 1.807) is 30.3 Å². The first-order valence-corrected chi connectivity index (χ1v) is 9.23. The first-order valence-electron chi connectivity index (χ1n) is 7.72. The molecular formula is C17H11Cl4N5O2. The highest BCUT2D eigenvalue weighted by Crippen LogP contribution is 2.33. The van der Waals surface area contributed by atoms with Gasteiger partial charge >= 0.3 is 5.69 Å². The zero-order valence-electron chi connectivity index (χ0n) is 14.1. The molecule has 11 heteroatoms. The lowest BCUT2D eigenvalue weighted by Crippen LogP contribution is -2.07. The van der Waals surface area contributed by atoms with Crippen LogP contribution in [0.15, 0.2) is 36.4 Å². The van der Waals surface area contributed by atoms with Crippen LogP contribution in [0.3, 0.4) is 0 Å². The summed E-state index contributed by atoms with van der Waals surface area (Å²) in [5.41, 5.74) is 0.968. The maximum Gasteiger partial charge on any atom is 0.332 e. The number of rotatable bonds is 5. The molecule has 0 aliphatic rings. The molecule has 2 aromatic carbocycles. The molecule has 0 aliphatic heterocycles. The second-order valence-corrected chi connectivity index (χ2v) is 7.22. The van der Waals surface area contributed by atoms with Crippen molar-refractivity contribution in [3.63, 3.8) is 0 Å². The highest BCUT2D eigenvalue weighted by Gasteiger charge is 2.22. The molecule has 0 bridgehead atoms. The largest absolute Gasteiger partial charge is 0.334 e. The lowest BCUT2D eigenvalue weighted by atomic mass is 10.3. The van der Waals surface area contributed by atoms with Gasteiger partial charge in [-0.2, -0.15) is 4.98 Å². The molecule has 7 nitrogen and oxygen atoms in total. The Labute approximate surface area is 179 Å². The molecule has 0 saturated heterocycles. The normalized spacial score (nSPS) is 10.6. The van der Waals surface area contributed by atoms with Crippen molar-refractivity contribution in [3.05, 3.63) is 72.3 Å². The van der Waals surface area contributed by atoms with Crippen molar-refractivity contribution in [1.82, 2.24) is 9.97 Å². The topological polar surface area (TPSA) is 93.0 Å². The van der Waals surface area contributed by atoms with E-state index in [1.165, 1.54) is 13.0 Å². The molecule has 0 aliphatic carbocycles. The van der Waals surface area contributed by atoms with Crippen molar-refractivity contribution in [2.24, 2.45) is 0 Å². The molecule has 1 aromatic heterocycles. The van der Waals surface area contributed by atoms with Crippen molar-refractivity contribution in [1.29, 1.82) is 0 Å². The quantitative estimate of drug-likeness (QED) is 0.322. The van der Waals surface area contributed by atoms with E-state index in [1.807, 2.05) is 0 Å². The van der Waals surface area contributed by atoms with Crippen LogP contribution in [-0.2, 0) is 0 Å². The summed E-state index contributed by atoms with van der Waals surface area (Å²) in [4.78, 5) is 19.3. The maximum absolute atomic E-state index is 11.5. The number of benzene rings is 2. The van der Waals surface area contributed by atoms with Gasteiger partial charge in [0.05, 0.1) is 25.0 Å². The summed E-state index contributed by atoms with van der Waals surface area (Å²) >= 11 is 23.8. The molecule has 0 radical (unpaired) electrons. The van der Waals surface area contributed by atoms with Gasteiger partial charge in [-0.3, -0.25) is 10.1 Å². The molecule has 1 heterocycles. The number of nitrogens with zero attached hydrogens (tertiary/aromatic N) is 3. The Morgan fingerprint density at radius 3 is 1.89 bits per heavy atom. The van der Waals surface area contributed by atoms with Crippen LogP contribution in [0.25, 0.3) is 0 Å². The Kier molecular flexibility index (Phi) is 6.10. The van der Waals surface area contributed by atoms with Gasteiger partial charge in [0.1, 0.15) is 5.69 Å². The molecule has 3 rings (SSSR count). The third-order valence-electron chi connectivity index (χ3n) is 3.60. The smallest absolute Gasteiger partial charge is 0.332 e. The summed E-state index contributed by atoms with van der Waals surface area (Å²) in [5.74, 6) is 0.141. The molecule has 0 amide bonds.